The van der Waals surface area contributed by atoms with Gasteiger partial charge >= 0.3 is 5.97 Å². The van der Waals surface area contributed by atoms with Crippen LogP contribution in [0.2, 0.25) is 0 Å². The molecule has 0 unspecified atom stereocenters. The fourth-order valence-electron chi connectivity index (χ4n) is 1.61. The summed E-state index contributed by atoms with van der Waals surface area (Å²) >= 11 is 0. The third-order valence-corrected chi connectivity index (χ3v) is 3.88. The van der Waals surface area contributed by atoms with Crippen LogP contribution >= 0.6 is 0 Å². The largest absolute Gasteiger partial charge is 0.481 e. The van der Waals surface area contributed by atoms with E-state index in [1.807, 2.05) is 0 Å². The van der Waals surface area contributed by atoms with Gasteiger partial charge in [-0.1, -0.05) is 0 Å². The van der Waals surface area contributed by atoms with Crippen molar-refractivity contribution in [1.29, 1.82) is 5.26 Å². The summed E-state index contributed by atoms with van der Waals surface area (Å²) in [7, 11) is -3.72. The number of ether oxygens (including phenoxy) is 1. The van der Waals surface area contributed by atoms with E-state index >= 15 is 0 Å². The molecular weight excluding hydrogens is 248 g/mol. The van der Waals surface area contributed by atoms with Crippen LogP contribution in [0, 0.1) is 16.7 Å². The third-order valence-electron chi connectivity index (χ3n) is 2.79. The van der Waals surface area contributed by atoms with Crippen molar-refractivity contribution < 1.29 is 23.1 Å². The Morgan fingerprint density at radius 1 is 1.47 bits per heavy atom. The minimum Gasteiger partial charge on any atom is -0.481 e. The number of nitriles is 1. The summed E-state index contributed by atoms with van der Waals surface area (Å²) in [5.41, 5.74) is -1.12. The molecule has 7 nitrogen and oxygen atoms in total. The SMILES string of the molecule is N#CCS(=O)(=O)NCC1(C(=O)O)CCOCC1. The number of sulfonamides is 1. The molecule has 0 atom stereocenters. The van der Waals surface area contributed by atoms with Gasteiger partial charge in [0.05, 0.1) is 11.5 Å². The van der Waals surface area contributed by atoms with Gasteiger partial charge in [0.25, 0.3) is 0 Å². The van der Waals surface area contributed by atoms with Gasteiger partial charge in [-0.15, -0.1) is 0 Å². The lowest BCUT2D eigenvalue weighted by Crippen LogP contribution is -2.46. The third kappa shape index (κ3) is 3.66. The molecule has 0 aromatic carbocycles. The van der Waals surface area contributed by atoms with Gasteiger partial charge < -0.3 is 9.84 Å². The number of carboxylic acid groups (broad SMARTS) is 1. The maximum absolute atomic E-state index is 11.3. The Morgan fingerprint density at radius 2 is 2.06 bits per heavy atom. The van der Waals surface area contributed by atoms with Gasteiger partial charge in [0.15, 0.2) is 5.75 Å². The summed E-state index contributed by atoms with van der Waals surface area (Å²) in [4.78, 5) is 11.2. The van der Waals surface area contributed by atoms with Crippen LogP contribution in [0.3, 0.4) is 0 Å². The van der Waals surface area contributed by atoms with Crippen LogP contribution < -0.4 is 4.72 Å². The Labute approximate surface area is 99.4 Å². The Morgan fingerprint density at radius 3 is 2.53 bits per heavy atom. The van der Waals surface area contributed by atoms with E-state index in [-0.39, 0.29) is 19.4 Å². The lowest BCUT2D eigenvalue weighted by Gasteiger charge is -2.32. The van der Waals surface area contributed by atoms with Gasteiger partial charge in [-0.25, -0.2) is 13.1 Å². The Hall–Kier alpha value is -1.17. The van der Waals surface area contributed by atoms with Crippen molar-refractivity contribution in [2.24, 2.45) is 5.41 Å². The molecule has 96 valence electrons. The van der Waals surface area contributed by atoms with Crippen molar-refractivity contribution in [1.82, 2.24) is 4.72 Å². The van der Waals surface area contributed by atoms with Crippen LogP contribution in [0.25, 0.3) is 0 Å². The molecule has 1 aliphatic heterocycles. The van der Waals surface area contributed by atoms with Crippen molar-refractivity contribution in [3.8, 4) is 6.07 Å². The van der Waals surface area contributed by atoms with Crippen LogP contribution in [-0.4, -0.2) is 45.0 Å². The average molecular weight is 262 g/mol. The van der Waals surface area contributed by atoms with Crippen molar-refractivity contribution in [3.05, 3.63) is 0 Å². The zero-order chi connectivity index (χ0) is 12.9. The van der Waals surface area contributed by atoms with E-state index in [0.29, 0.717) is 13.2 Å². The normalized spacial score (nSPS) is 19.5. The monoisotopic (exact) mass is 262 g/mol. The quantitative estimate of drug-likeness (QED) is 0.677. The highest BCUT2D eigenvalue weighted by Gasteiger charge is 2.40. The molecule has 0 spiro atoms. The minimum absolute atomic E-state index is 0.199. The molecule has 0 aromatic rings. The van der Waals surface area contributed by atoms with Crippen molar-refractivity contribution in [2.75, 3.05) is 25.5 Å². The molecular formula is C9H14N2O5S. The molecule has 1 fully saturated rings. The average Bonchev–Trinajstić information content (AvgIpc) is 2.28. The lowest BCUT2D eigenvalue weighted by molar-refractivity contribution is -0.154. The molecule has 1 saturated heterocycles. The van der Waals surface area contributed by atoms with Crippen LogP contribution in [0.4, 0.5) is 0 Å². The number of rotatable bonds is 5. The zero-order valence-corrected chi connectivity index (χ0v) is 9.99. The standard InChI is InChI=1S/C9H14N2O5S/c10-3-6-17(14,15)11-7-9(8(12)13)1-4-16-5-2-9/h11H,1-2,4-7H2,(H,12,13). The topological polar surface area (TPSA) is 116 Å². The zero-order valence-electron chi connectivity index (χ0n) is 9.18. The van der Waals surface area contributed by atoms with Crippen molar-refractivity contribution in [2.45, 2.75) is 12.8 Å². The number of nitrogens with one attached hydrogen (secondary N) is 1. The van der Waals surface area contributed by atoms with Crippen LogP contribution in [0.1, 0.15) is 12.8 Å². The molecule has 8 heteroatoms. The van der Waals surface area contributed by atoms with E-state index in [9.17, 15) is 13.2 Å². The molecule has 0 amide bonds. The van der Waals surface area contributed by atoms with E-state index in [0.717, 1.165) is 0 Å². The van der Waals surface area contributed by atoms with Gasteiger partial charge in [-0.2, -0.15) is 5.26 Å². The molecule has 0 aromatic heterocycles. The van der Waals surface area contributed by atoms with Crippen molar-refractivity contribution >= 4 is 16.0 Å². The molecule has 1 heterocycles. The predicted octanol–water partition coefficient (Wildman–Crippen LogP) is -0.689. The molecule has 0 aliphatic carbocycles. The second-order valence-corrected chi connectivity index (χ2v) is 5.74. The van der Waals surface area contributed by atoms with Gasteiger partial charge in [0, 0.05) is 19.8 Å². The first-order valence-corrected chi connectivity index (χ1v) is 6.72. The van der Waals surface area contributed by atoms with E-state index in [1.165, 1.54) is 6.07 Å². The van der Waals surface area contributed by atoms with Crippen molar-refractivity contribution in [3.63, 3.8) is 0 Å². The number of hydrogen-bond donors (Lipinski definition) is 2. The molecule has 17 heavy (non-hydrogen) atoms. The fraction of sp³-hybridized carbons (Fsp3) is 0.778. The van der Waals surface area contributed by atoms with Gasteiger partial charge in [0.1, 0.15) is 0 Å². The smallest absolute Gasteiger partial charge is 0.311 e. The number of carbonyl (C=O) groups is 1. The Kier molecular flexibility index (Phi) is 4.45. The highest BCUT2D eigenvalue weighted by atomic mass is 32.2. The lowest BCUT2D eigenvalue weighted by atomic mass is 9.80. The molecule has 0 radical (unpaired) electrons. The van der Waals surface area contributed by atoms with E-state index in [2.05, 4.69) is 4.72 Å². The van der Waals surface area contributed by atoms with Gasteiger partial charge in [-0.3, -0.25) is 4.79 Å². The second kappa shape index (κ2) is 5.44. The number of nitrogens with zero attached hydrogens (tertiary/aromatic N) is 1. The van der Waals surface area contributed by atoms with Gasteiger partial charge in [0.2, 0.25) is 10.0 Å². The number of carboxylic acids is 1. The predicted molar refractivity (Wildman–Crippen MR) is 57.5 cm³/mol. The van der Waals surface area contributed by atoms with E-state index in [1.54, 1.807) is 0 Å². The first-order valence-electron chi connectivity index (χ1n) is 5.07. The highest BCUT2D eigenvalue weighted by Crippen LogP contribution is 2.30. The summed E-state index contributed by atoms with van der Waals surface area (Å²) in [6.07, 6.45) is 0.523. The van der Waals surface area contributed by atoms with Gasteiger partial charge in [-0.05, 0) is 12.8 Å². The number of hydrogen-bond acceptors (Lipinski definition) is 5. The Balaban J connectivity index is 2.69. The molecule has 0 saturated carbocycles. The summed E-state index contributed by atoms with van der Waals surface area (Å²) in [5.74, 6) is -1.71. The van der Waals surface area contributed by atoms with Crippen LogP contribution in [0.5, 0.6) is 0 Å². The summed E-state index contributed by atoms with van der Waals surface area (Å²) < 4.78 is 29.8. The summed E-state index contributed by atoms with van der Waals surface area (Å²) in [6.45, 7) is 0.397. The first kappa shape index (κ1) is 13.9. The highest BCUT2D eigenvalue weighted by molar-refractivity contribution is 7.89. The second-order valence-electron chi connectivity index (χ2n) is 3.94. The van der Waals surface area contributed by atoms with E-state index in [4.69, 9.17) is 15.1 Å². The van der Waals surface area contributed by atoms with E-state index < -0.39 is 27.2 Å². The minimum atomic E-state index is -3.72. The Bertz CT molecular complexity index is 419. The van der Waals surface area contributed by atoms with Crippen LogP contribution in [0.15, 0.2) is 0 Å². The summed E-state index contributed by atoms with van der Waals surface area (Å²) in [6, 6.07) is 1.51. The summed E-state index contributed by atoms with van der Waals surface area (Å²) in [5, 5.41) is 17.5. The fourth-order valence-corrected chi connectivity index (χ4v) is 2.38. The first-order chi connectivity index (χ1) is 7.92. The molecule has 2 N–H and O–H groups in total. The molecule has 0 bridgehead atoms. The molecule has 1 rings (SSSR count). The maximum Gasteiger partial charge on any atom is 0.311 e. The maximum atomic E-state index is 11.3. The molecule has 1 aliphatic rings. The number of aliphatic carboxylic acids is 1. The van der Waals surface area contributed by atoms with Crippen LogP contribution in [-0.2, 0) is 19.6 Å².